The highest BCUT2D eigenvalue weighted by atomic mass is 16.6. The number of nitrogen functional groups attached to an aromatic ring is 1. The zero-order valence-electron chi connectivity index (χ0n) is 10.9. The van der Waals surface area contributed by atoms with Crippen molar-refractivity contribution in [3.8, 4) is 0 Å². The van der Waals surface area contributed by atoms with Gasteiger partial charge in [0.2, 0.25) is 0 Å². The number of imidazole rings is 1. The van der Waals surface area contributed by atoms with Gasteiger partial charge in [0.25, 0.3) is 0 Å². The standard InChI is InChI=1S/C11H15N5O5/c12-9-6-10(14-3-13-9)16(4-15-6)11(2-17)8(20)7(19)5(18)1-21-11/h3-5,7-8,17-20H,1-2H2,(H2,12,13,14)/t5-,7-,8+,11-/m1/s1. The molecule has 1 aliphatic rings. The second-order valence-corrected chi connectivity index (χ2v) is 4.86. The number of nitrogens with two attached hydrogens (primary N) is 1. The van der Waals surface area contributed by atoms with Gasteiger partial charge in [0.15, 0.2) is 17.2 Å². The Balaban J connectivity index is 2.16. The molecule has 3 heterocycles. The Labute approximate surface area is 118 Å². The van der Waals surface area contributed by atoms with E-state index in [1.165, 1.54) is 17.2 Å². The Morgan fingerprint density at radius 3 is 2.81 bits per heavy atom. The molecule has 0 aromatic carbocycles. The second kappa shape index (κ2) is 4.86. The molecule has 4 atom stereocenters. The van der Waals surface area contributed by atoms with Crippen molar-refractivity contribution in [3.63, 3.8) is 0 Å². The third kappa shape index (κ3) is 1.88. The summed E-state index contributed by atoms with van der Waals surface area (Å²) < 4.78 is 6.69. The third-order valence-corrected chi connectivity index (χ3v) is 3.68. The molecule has 6 N–H and O–H groups in total. The normalized spacial score (nSPS) is 33.4. The fraction of sp³-hybridized carbons (Fsp3) is 0.545. The van der Waals surface area contributed by atoms with Crippen LogP contribution in [0, 0.1) is 0 Å². The van der Waals surface area contributed by atoms with Crippen molar-refractivity contribution in [3.05, 3.63) is 12.7 Å². The first kappa shape index (κ1) is 14.1. The molecule has 2 aromatic heterocycles. The summed E-state index contributed by atoms with van der Waals surface area (Å²) in [4.78, 5) is 11.8. The average Bonchev–Trinajstić information content (AvgIpc) is 2.92. The van der Waals surface area contributed by atoms with Crippen molar-refractivity contribution in [1.29, 1.82) is 0 Å². The number of hydrogen-bond acceptors (Lipinski definition) is 9. The van der Waals surface area contributed by atoms with Gasteiger partial charge in [0.1, 0.15) is 30.2 Å². The quantitative estimate of drug-likeness (QED) is 0.393. The van der Waals surface area contributed by atoms with Crippen molar-refractivity contribution in [2.24, 2.45) is 0 Å². The van der Waals surface area contributed by atoms with E-state index in [4.69, 9.17) is 10.5 Å². The fourth-order valence-corrected chi connectivity index (χ4v) is 2.45. The molecular formula is C11H15N5O5. The predicted molar refractivity (Wildman–Crippen MR) is 68.8 cm³/mol. The number of aliphatic hydroxyl groups is 4. The van der Waals surface area contributed by atoms with E-state index in [1.807, 2.05) is 0 Å². The molecule has 0 saturated carbocycles. The summed E-state index contributed by atoms with van der Waals surface area (Å²) in [7, 11) is 0. The molecule has 0 aliphatic carbocycles. The molecule has 114 valence electrons. The summed E-state index contributed by atoms with van der Waals surface area (Å²) in [5, 5.41) is 39.4. The fourth-order valence-electron chi connectivity index (χ4n) is 2.45. The van der Waals surface area contributed by atoms with Crippen LogP contribution in [0.5, 0.6) is 0 Å². The summed E-state index contributed by atoms with van der Waals surface area (Å²) in [5.74, 6) is 0.137. The van der Waals surface area contributed by atoms with Crippen LogP contribution in [-0.4, -0.2) is 71.5 Å². The van der Waals surface area contributed by atoms with Crippen molar-refractivity contribution < 1.29 is 25.2 Å². The van der Waals surface area contributed by atoms with Crippen LogP contribution < -0.4 is 5.73 Å². The minimum absolute atomic E-state index is 0.137. The van der Waals surface area contributed by atoms with Gasteiger partial charge in [-0.3, -0.25) is 4.57 Å². The van der Waals surface area contributed by atoms with Gasteiger partial charge in [0, 0.05) is 0 Å². The van der Waals surface area contributed by atoms with E-state index >= 15 is 0 Å². The number of aliphatic hydroxyl groups excluding tert-OH is 4. The van der Waals surface area contributed by atoms with E-state index in [0.29, 0.717) is 0 Å². The van der Waals surface area contributed by atoms with E-state index in [2.05, 4.69) is 15.0 Å². The van der Waals surface area contributed by atoms with E-state index in [9.17, 15) is 20.4 Å². The number of nitrogens with zero attached hydrogens (tertiary/aromatic N) is 4. The molecule has 21 heavy (non-hydrogen) atoms. The van der Waals surface area contributed by atoms with Crippen LogP contribution >= 0.6 is 0 Å². The monoisotopic (exact) mass is 297 g/mol. The van der Waals surface area contributed by atoms with E-state index in [-0.39, 0.29) is 23.6 Å². The Kier molecular flexibility index (Phi) is 3.26. The Hall–Kier alpha value is -1.85. The van der Waals surface area contributed by atoms with Gasteiger partial charge < -0.3 is 30.9 Å². The zero-order chi connectivity index (χ0) is 15.2. The molecule has 1 saturated heterocycles. The van der Waals surface area contributed by atoms with E-state index < -0.39 is 30.6 Å². The molecule has 1 aliphatic heterocycles. The lowest BCUT2D eigenvalue weighted by molar-refractivity contribution is -0.282. The first-order valence-electron chi connectivity index (χ1n) is 6.24. The second-order valence-electron chi connectivity index (χ2n) is 4.86. The maximum Gasteiger partial charge on any atom is 0.199 e. The largest absolute Gasteiger partial charge is 0.391 e. The Bertz CT molecular complexity index is 663. The SMILES string of the molecule is Nc1ncnc2c1ncn2[C@]1(CO)OC[C@@H](O)[C@@H](O)[C@@H]1O. The van der Waals surface area contributed by atoms with Crippen LogP contribution in [-0.2, 0) is 10.5 Å². The lowest BCUT2D eigenvalue weighted by Crippen LogP contribution is -2.63. The van der Waals surface area contributed by atoms with Gasteiger partial charge in [0.05, 0.1) is 19.5 Å². The minimum Gasteiger partial charge on any atom is -0.391 e. The van der Waals surface area contributed by atoms with Crippen molar-refractivity contribution in [1.82, 2.24) is 19.5 Å². The summed E-state index contributed by atoms with van der Waals surface area (Å²) >= 11 is 0. The number of aromatic nitrogens is 4. The number of rotatable bonds is 2. The number of hydrogen-bond donors (Lipinski definition) is 5. The van der Waals surface area contributed by atoms with Crippen LogP contribution in [0.2, 0.25) is 0 Å². The minimum atomic E-state index is -1.71. The lowest BCUT2D eigenvalue weighted by Gasteiger charge is -2.44. The number of fused-ring (bicyclic) bond motifs is 1. The molecule has 0 radical (unpaired) electrons. The molecule has 10 heteroatoms. The number of ether oxygens (including phenoxy) is 1. The highest BCUT2D eigenvalue weighted by Crippen LogP contribution is 2.33. The smallest absolute Gasteiger partial charge is 0.199 e. The van der Waals surface area contributed by atoms with Crippen molar-refractivity contribution in [2.75, 3.05) is 18.9 Å². The third-order valence-electron chi connectivity index (χ3n) is 3.68. The molecule has 2 aromatic rings. The topological polar surface area (TPSA) is 160 Å². The van der Waals surface area contributed by atoms with Gasteiger partial charge in [-0.25, -0.2) is 15.0 Å². The highest BCUT2D eigenvalue weighted by molar-refractivity contribution is 5.81. The molecule has 10 nitrogen and oxygen atoms in total. The summed E-state index contributed by atoms with van der Waals surface area (Å²) in [6.07, 6.45) is -1.84. The van der Waals surface area contributed by atoms with Gasteiger partial charge >= 0.3 is 0 Å². The molecule has 0 amide bonds. The van der Waals surface area contributed by atoms with E-state index in [1.54, 1.807) is 0 Å². The van der Waals surface area contributed by atoms with Crippen LogP contribution in [0.25, 0.3) is 11.2 Å². The van der Waals surface area contributed by atoms with Gasteiger partial charge in [-0.15, -0.1) is 0 Å². The zero-order valence-corrected chi connectivity index (χ0v) is 10.9. The van der Waals surface area contributed by atoms with E-state index in [0.717, 1.165) is 0 Å². The molecule has 1 fully saturated rings. The lowest BCUT2D eigenvalue weighted by atomic mass is 9.94. The van der Waals surface area contributed by atoms with Crippen LogP contribution in [0.1, 0.15) is 0 Å². The molecule has 0 unspecified atom stereocenters. The Morgan fingerprint density at radius 1 is 1.33 bits per heavy atom. The summed E-state index contributed by atoms with van der Waals surface area (Å²) in [6.45, 7) is -0.924. The molecular weight excluding hydrogens is 282 g/mol. The number of anilines is 1. The first-order chi connectivity index (χ1) is 10.0. The van der Waals surface area contributed by atoms with Gasteiger partial charge in [-0.2, -0.15) is 0 Å². The average molecular weight is 297 g/mol. The van der Waals surface area contributed by atoms with Gasteiger partial charge in [-0.05, 0) is 0 Å². The first-order valence-corrected chi connectivity index (χ1v) is 6.24. The maximum atomic E-state index is 10.2. The highest BCUT2D eigenvalue weighted by Gasteiger charge is 2.51. The summed E-state index contributed by atoms with van der Waals surface area (Å²) in [6, 6.07) is 0. The predicted octanol–water partition coefficient (Wildman–Crippen LogP) is -2.83. The molecule has 3 rings (SSSR count). The summed E-state index contributed by atoms with van der Waals surface area (Å²) in [5.41, 5.74) is 4.49. The van der Waals surface area contributed by atoms with Crippen LogP contribution in [0.4, 0.5) is 5.82 Å². The van der Waals surface area contributed by atoms with Crippen molar-refractivity contribution in [2.45, 2.75) is 24.0 Å². The maximum absolute atomic E-state index is 10.2. The van der Waals surface area contributed by atoms with Crippen molar-refractivity contribution >= 4 is 17.0 Å². The molecule has 0 spiro atoms. The van der Waals surface area contributed by atoms with Gasteiger partial charge in [-0.1, -0.05) is 0 Å². The molecule has 0 bridgehead atoms. The Morgan fingerprint density at radius 2 is 2.10 bits per heavy atom. The van der Waals surface area contributed by atoms with Crippen LogP contribution in [0.3, 0.4) is 0 Å². The van der Waals surface area contributed by atoms with Crippen LogP contribution in [0.15, 0.2) is 12.7 Å².